The van der Waals surface area contributed by atoms with Crippen LogP contribution in [0.1, 0.15) is 16.8 Å². The van der Waals surface area contributed by atoms with Gasteiger partial charge in [-0.05, 0) is 24.6 Å². The first-order valence-corrected chi connectivity index (χ1v) is 9.44. The minimum Gasteiger partial charge on any atom is -0.744 e. The van der Waals surface area contributed by atoms with Crippen LogP contribution < -0.4 is 10.3 Å². The van der Waals surface area contributed by atoms with Crippen molar-refractivity contribution < 1.29 is 17.5 Å². The third-order valence-corrected chi connectivity index (χ3v) is 4.68. The van der Waals surface area contributed by atoms with Gasteiger partial charge in [0.1, 0.15) is 16.2 Å². The van der Waals surface area contributed by atoms with Crippen LogP contribution in [0.25, 0.3) is 0 Å². The van der Waals surface area contributed by atoms with Crippen LogP contribution in [-0.4, -0.2) is 17.5 Å². The second-order valence-electron chi connectivity index (χ2n) is 5.95. The quantitative estimate of drug-likeness (QED) is 0.545. The second kappa shape index (κ2) is 8.49. The summed E-state index contributed by atoms with van der Waals surface area (Å²) >= 11 is 0. The van der Waals surface area contributed by atoms with Crippen molar-refractivity contribution in [3.8, 4) is 6.07 Å². The summed E-state index contributed by atoms with van der Waals surface area (Å²) in [5, 5.41) is 8.91. The van der Waals surface area contributed by atoms with Crippen molar-refractivity contribution in [1.29, 1.82) is 5.26 Å². The molecule has 0 spiro atoms. The molecule has 27 heavy (non-hydrogen) atoms. The van der Waals surface area contributed by atoms with E-state index < -0.39 is 10.1 Å². The smallest absolute Gasteiger partial charge is 0.270 e. The predicted molar refractivity (Wildman–Crippen MR) is 99.4 cm³/mol. The van der Waals surface area contributed by atoms with E-state index >= 15 is 0 Å². The van der Waals surface area contributed by atoms with Crippen molar-refractivity contribution in [1.82, 2.24) is 4.57 Å². The number of hydrogen-bond acceptors (Lipinski definition) is 5. The Morgan fingerprint density at radius 2 is 1.74 bits per heavy atom. The number of anilines is 1. The lowest BCUT2D eigenvalue weighted by atomic mass is 10.2. The molecule has 3 aromatic rings. The molecule has 1 heterocycles. The molecule has 2 aromatic carbocycles. The van der Waals surface area contributed by atoms with Crippen molar-refractivity contribution >= 4 is 15.9 Å². The van der Waals surface area contributed by atoms with E-state index in [0.29, 0.717) is 18.1 Å². The van der Waals surface area contributed by atoms with Gasteiger partial charge in [-0.2, -0.15) is 5.26 Å². The van der Waals surface area contributed by atoms with Gasteiger partial charge in [0.05, 0.1) is 18.5 Å². The third kappa shape index (κ3) is 5.41. The Hall–Kier alpha value is -3.15. The Morgan fingerprint density at radius 1 is 1.15 bits per heavy atom. The molecule has 0 saturated carbocycles. The van der Waals surface area contributed by atoms with Gasteiger partial charge in [0, 0.05) is 0 Å². The third-order valence-electron chi connectivity index (χ3n) is 3.83. The molecule has 0 aliphatic carbocycles. The highest BCUT2D eigenvalue weighted by atomic mass is 32.2. The van der Waals surface area contributed by atoms with Crippen LogP contribution in [-0.2, 0) is 23.7 Å². The molecule has 140 valence electrons. The number of nitrogens with zero attached hydrogens (tertiary/aromatic N) is 3. The molecular formula is C19H20N4O3S. The average molecular weight is 384 g/mol. The van der Waals surface area contributed by atoms with Gasteiger partial charge >= 0.3 is 0 Å². The van der Waals surface area contributed by atoms with Gasteiger partial charge in [-0.25, -0.2) is 13.0 Å². The van der Waals surface area contributed by atoms with E-state index in [1.54, 1.807) is 16.7 Å². The van der Waals surface area contributed by atoms with Gasteiger partial charge < -0.3 is 10.3 Å². The Labute approximate surface area is 158 Å². The minimum atomic E-state index is -4.27. The van der Waals surface area contributed by atoms with Crippen LogP contribution in [0.5, 0.6) is 0 Å². The highest BCUT2D eigenvalue weighted by Gasteiger charge is 2.16. The van der Waals surface area contributed by atoms with Crippen LogP contribution in [0.3, 0.4) is 0 Å². The maximum Gasteiger partial charge on any atom is 0.270 e. The number of nitrogens with two attached hydrogens (primary N) is 1. The molecule has 0 bridgehead atoms. The second-order valence-corrected chi connectivity index (χ2v) is 7.33. The van der Waals surface area contributed by atoms with E-state index in [9.17, 15) is 13.0 Å². The molecule has 0 saturated heterocycles. The number of aryl methyl sites for hydroxylation is 2. The van der Waals surface area contributed by atoms with Crippen LogP contribution in [0.2, 0.25) is 0 Å². The van der Waals surface area contributed by atoms with Crippen molar-refractivity contribution in [3.05, 3.63) is 77.7 Å². The Balaban J connectivity index is 0.000000208. The zero-order valence-corrected chi connectivity index (χ0v) is 15.8. The molecule has 7 nitrogen and oxygen atoms in total. The lowest BCUT2D eigenvalue weighted by molar-refractivity contribution is -0.673. The van der Waals surface area contributed by atoms with Crippen LogP contribution in [0, 0.1) is 18.3 Å². The first-order valence-electron chi connectivity index (χ1n) is 8.03. The summed E-state index contributed by atoms with van der Waals surface area (Å²) in [6.45, 7) is 2.50. The fraction of sp³-hybridized carbons (Fsp3) is 0.158. The summed E-state index contributed by atoms with van der Waals surface area (Å²) in [7, 11) is -2.45. The summed E-state index contributed by atoms with van der Waals surface area (Å²) in [4.78, 5) is -0.178. The Kier molecular flexibility index (Phi) is 6.34. The van der Waals surface area contributed by atoms with E-state index in [2.05, 4.69) is 6.07 Å². The van der Waals surface area contributed by atoms with Crippen LogP contribution in [0.4, 0.5) is 5.82 Å². The van der Waals surface area contributed by atoms with Gasteiger partial charge in [0.2, 0.25) is 5.69 Å². The summed E-state index contributed by atoms with van der Waals surface area (Å²) in [6, 6.07) is 17.9. The highest BCUT2D eigenvalue weighted by molar-refractivity contribution is 7.85. The SMILES string of the molecule is Cc1ccc(S(=O)(=O)[O-])cc1.Cn1c[n+](Cc2ccccc2)c(N)c1C#N. The maximum absolute atomic E-state index is 10.4. The van der Waals surface area contributed by atoms with Crippen LogP contribution >= 0.6 is 0 Å². The van der Waals surface area contributed by atoms with E-state index in [-0.39, 0.29) is 4.90 Å². The molecule has 0 aliphatic heterocycles. The molecule has 3 rings (SSSR count). The molecule has 8 heteroatoms. The fourth-order valence-corrected chi connectivity index (χ4v) is 2.86. The predicted octanol–water partition coefficient (Wildman–Crippen LogP) is 1.71. The van der Waals surface area contributed by atoms with Crippen molar-refractivity contribution in [2.45, 2.75) is 18.4 Å². The zero-order chi connectivity index (χ0) is 20.0. The molecule has 2 N–H and O–H groups in total. The number of rotatable bonds is 3. The molecule has 1 aromatic heterocycles. The van der Waals surface area contributed by atoms with Gasteiger partial charge in [0.25, 0.3) is 5.82 Å². The highest BCUT2D eigenvalue weighted by Crippen LogP contribution is 2.08. The summed E-state index contributed by atoms with van der Waals surface area (Å²) in [5.41, 5.74) is 8.47. The summed E-state index contributed by atoms with van der Waals surface area (Å²) in [5.74, 6) is 0.508. The number of imidazole rings is 1. The fourth-order valence-electron chi connectivity index (χ4n) is 2.39. The van der Waals surface area contributed by atoms with E-state index in [4.69, 9.17) is 11.0 Å². The van der Waals surface area contributed by atoms with E-state index in [0.717, 1.165) is 11.1 Å². The first kappa shape index (κ1) is 20.2. The molecule has 0 unspecified atom stereocenters. The molecule has 0 radical (unpaired) electrons. The van der Waals surface area contributed by atoms with Gasteiger partial charge in [0.15, 0.2) is 6.33 Å². The van der Waals surface area contributed by atoms with Gasteiger partial charge in [-0.3, -0.25) is 4.57 Å². The average Bonchev–Trinajstić information content (AvgIpc) is 2.89. The summed E-state index contributed by atoms with van der Waals surface area (Å²) < 4.78 is 34.8. The molecule has 0 atom stereocenters. The number of nitrogen functional groups attached to an aromatic ring is 1. The minimum absolute atomic E-state index is 0.178. The van der Waals surface area contributed by atoms with Crippen molar-refractivity contribution in [3.63, 3.8) is 0 Å². The van der Waals surface area contributed by atoms with Crippen molar-refractivity contribution in [2.75, 3.05) is 5.73 Å². The number of aromatic nitrogens is 2. The lowest BCUT2D eigenvalue weighted by Gasteiger charge is -2.05. The van der Waals surface area contributed by atoms with Crippen molar-refractivity contribution in [2.24, 2.45) is 7.05 Å². The van der Waals surface area contributed by atoms with E-state index in [1.165, 1.54) is 12.1 Å². The zero-order valence-electron chi connectivity index (χ0n) is 15.0. The summed E-state index contributed by atoms with van der Waals surface area (Å²) in [6.07, 6.45) is 1.83. The molecular weight excluding hydrogens is 364 g/mol. The monoisotopic (exact) mass is 384 g/mol. The van der Waals surface area contributed by atoms with E-state index in [1.807, 2.05) is 55.2 Å². The molecule has 0 aliphatic rings. The Morgan fingerprint density at radius 3 is 2.22 bits per heavy atom. The first-order chi connectivity index (χ1) is 12.7. The maximum atomic E-state index is 10.4. The number of benzene rings is 2. The number of nitriles is 1. The normalized spacial score (nSPS) is 10.6. The van der Waals surface area contributed by atoms with Crippen LogP contribution in [0.15, 0.2) is 65.8 Å². The molecule has 0 fully saturated rings. The van der Waals surface area contributed by atoms with Gasteiger partial charge in [-0.15, -0.1) is 0 Å². The topological polar surface area (TPSA) is 116 Å². The standard InChI is InChI=1S/C12H13N4.C7H8O3S/c1-15-9-16(12(14)11(15)7-13)8-10-5-3-2-4-6-10;1-6-2-4-7(5-3-6)11(8,9)10/h2-6,9H,8,14H2,1H3;2-5H,1H3,(H,8,9,10)/q+1;/p-1. The van der Waals surface area contributed by atoms with Gasteiger partial charge in [-0.1, -0.05) is 48.0 Å². The Bertz CT molecular complexity index is 1050. The molecule has 0 amide bonds. The largest absolute Gasteiger partial charge is 0.744 e. The number of hydrogen-bond donors (Lipinski definition) is 1. The lowest BCUT2D eigenvalue weighted by Crippen LogP contribution is -2.35.